The van der Waals surface area contributed by atoms with Gasteiger partial charge in [-0.05, 0) is 42.8 Å². The molecule has 0 saturated carbocycles. The van der Waals surface area contributed by atoms with Gasteiger partial charge in [-0.3, -0.25) is 0 Å². The Bertz CT molecular complexity index is 693. The molecule has 1 aromatic heterocycles. The number of aromatic nitrogens is 1. The van der Waals surface area contributed by atoms with Gasteiger partial charge < -0.3 is 9.84 Å². The summed E-state index contributed by atoms with van der Waals surface area (Å²) in [5.41, 5.74) is 0.697. The van der Waals surface area contributed by atoms with Crippen LogP contribution < -0.4 is 4.74 Å². The third-order valence-corrected chi connectivity index (χ3v) is 3.84. The minimum Gasteiger partial charge on any atom is -0.439 e. The van der Waals surface area contributed by atoms with Crippen molar-refractivity contribution in [1.82, 2.24) is 4.98 Å². The number of hydrogen-bond acceptors (Lipinski definition) is 5. The molecule has 0 amide bonds. The predicted molar refractivity (Wildman–Crippen MR) is 74.5 cm³/mol. The molecule has 20 heavy (non-hydrogen) atoms. The summed E-state index contributed by atoms with van der Waals surface area (Å²) < 4.78 is 28.2. The molecule has 1 unspecified atom stereocenters. The summed E-state index contributed by atoms with van der Waals surface area (Å²) >= 11 is 0. The van der Waals surface area contributed by atoms with Crippen molar-refractivity contribution >= 4 is 9.84 Å². The molecule has 1 atom stereocenters. The van der Waals surface area contributed by atoms with Gasteiger partial charge in [-0.1, -0.05) is 0 Å². The van der Waals surface area contributed by atoms with E-state index in [0.717, 1.165) is 6.26 Å². The maximum atomic E-state index is 11.3. The second-order valence-electron chi connectivity index (χ2n) is 4.45. The lowest BCUT2D eigenvalue weighted by Gasteiger charge is -2.08. The van der Waals surface area contributed by atoms with Crippen molar-refractivity contribution in [3.8, 4) is 11.6 Å². The van der Waals surface area contributed by atoms with Crippen molar-refractivity contribution in [2.24, 2.45) is 0 Å². The maximum Gasteiger partial charge on any atom is 0.219 e. The topological polar surface area (TPSA) is 76.5 Å². The average Bonchev–Trinajstić information content (AvgIpc) is 2.38. The van der Waals surface area contributed by atoms with Crippen molar-refractivity contribution in [1.29, 1.82) is 0 Å². The van der Waals surface area contributed by atoms with Gasteiger partial charge in [0.2, 0.25) is 5.88 Å². The highest BCUT2D eigenvalue weighted by Crippen LogP contribution is 2.23. The molecule has 0 fully saturated rings. The van der Waals surface area contributed by atoms with Gasteiger partial charge in [0.15, 0.2) is 9.84 Å². The largest absolute Gasteiger partial charge is 0.439 e. The van der Waals surface area contributed by atoms with Crippen LogP contribution in [-0.4, -0.2) is 24.8 Å². The Morgan fingerprint density at radius 3 is 2.40 bits per heavy atom. The summed E-state index contributed by atoms with van der Waals surface area (Å²) in [6.45, 7) is 1.65. The Morgan fingerprint density at radius 1 is 1.20 bits per heavy atom. The molecule has 0 aliphatic carbocycles. The van der Waals surface area contributed by atoms with Crippen LogP contribution in [0.2, 0.25) is 0 Å². The molecule has 0 saturated heterocycles. The van der Waals surface area contributed by atoms with Crippen LogP contribution in [0.25, 0.3) is 0 Å². The lowest BCUT2D eigenvalue weighted by molar-refractivity contribution is 0.198. The van der Waals surface area contributed by atoms with Crippen molar-refractivity contribution in [3.63, 3.8) is 0 Å². The van der Waals surface area contributed by atoms with E-state index >= 15 is 0 Å². The quantitative estimate of drug-likeness (QED) is 0.936. The third kappa shape index (κ3) is 3.55. The lowest BCUT2D eigenvalue weighted by atomic mass is 10.2. The molecule has 0 radical (unpaired) electrons. The molecule has 1 heterocycles. The zero-order valence-corrected chi connectivity index (χ0v) is 12.0. The van der Waals surface area contributed by atoms with E-state index in [1.807, 2.05) is 0 Å². The SMILES string of the molecule is CC(O)c1ccnc(Oc2ccc(S(C)(=O)=O)cc2)c1. The first-order chi connectivity index (χ1) is 9.36. The Morgan fingerprint density at radius 2 is 1.85 bits per heavy atom. The van der Waals surface area contributed by atoms with Crippen LogP contribution in [0.4, 0.5) is 0 Å². The monoisotopic (exact) mass is 293 g/mol. The summed E-state index contributed by atoms with van der Waals surface area (Å²) in [6.07, 6.45) is 2.09. The molecule has 5 nitrogen and oxygen atoms in total. The number of aliphatic hydroxyl groups excluding tert-OH is 1. The second kappa shape index (κ2) is 5.60. The van der Waals surface area contributed by atoms with E-state index in [9.17, 15) is 13.5 Å². The van der Waals surface area contributed by atoms with E-state index in [1.54, 1.807) is 37.4 Å². The molecule has 106 valence electrons. The molecule has 0 bridgehead atoms. The number of nitrogens with zero attached hydrogens (tertiary/aromatic N) is 1. The number of ether oxygens (including phenoxy) is 1. The van der Waals surface area contributed by atoms with E-state index in [-0.39, 0.29) is 4.90 Å². The van der Waals surface area contributed by atoms with Crippen LogP contribution in [-0.2, 0) is 9.84 Å². The van der Waals surface area contributed by atoms with Gasteiger partial charge in [0, 0.05) is 18.5 Å². The number of sulfone groups is 1. The molecular weight excluding hydrogens is 278 g/mol. The molecule has 2 aromatic rings. The average molecular weight is 293 g/mol. The normalized spacial score (nSPS) is 12.9. The van der Waals surface area contributed by atoms with Gasteiger partial charge in [-0.15, -0.1) is 0 Å². The fourth-order valence-corrected chi connectivity index (χ4v) is 2.25. The van der Waals surface area contributed by atoms with Crippen molar-refractivity contribution < 1.29 is 18.3 Å². The van der Waals surface area contributed by atoms with Crippen LogP contribution in [0, 0.1) is 0 Å². The standard InChI is InChI=1S/C14H15NO4S/c1-10(16)11-7-8-15-14(9-11)19-12-3-5-13(6-4-12)20(2,17)18/h3-10,16H,1-2H3. The zero-order valence-electron chi connectivity index (χ0n) is 11.1. The summed E-state index contributed by atoms with van der Waals surface area (Å²) in [7, 11) is -3.21. The maximum absolute atomic E-state index is 11.3. The molecule has 1 aromatic carbocycles. The van der Waals surface area contributed by atoms with E-state index in [2.05, 4.69) is 4.98 Å². The molecule has 6 heteroatoms. The van der Waals surface area contributed by atoms with Crippen molar-refractivity contribution in [3.05, 3.63) is 48.2 Å². The van der Waals surface area contributed by atoms with Gasteiger partial charge in [-0.2, -0.15) is 0 Å². The zero-order chi connectivity index (χ0) is 14.8. The van der Waals surface area contributed by atoms with Gasteiger partial charge >= 0.3 is 0 Å². The smallest absolute Gasteiger partial charge is 0.219 e. The number of aliphatic hydroxyl groups is 1. The Kier molecular flexibility index (Phi) is 4.06. The molecule has 0 spiro atoms. The van der Waals surface area contributed by atoms with Crippen molar-refractivity contribution in [2.75, 3.05) is 6.26 Å². The lowest BCUT2D eigenvalue weighted by Crippen LogP contribution is -1.97. The highest BCUT2D eigenvalue weighted by molar-refractivity contribution is 7.90. The molecule has 0 aliphatic heterocycles. The minimum atomic E-state index is -3.21. The van der Waals surface area contributed by atoms with E-state index < -0.39 is 15.9 Å². The summed E-state index contributed by atoms with van der Waals surface area (Å²) in [6, 6.07) is 9.41. The highest BCUT2D eigenvalue weighted by Gasteiger charge is 2.08. The molecule has 0 aliphatic rings. The van der Waals surface area contributed by atoms with Crippen LogP contribution in [0.1, 0.15) is 18.6 Å². The number of rotatable bonds is 4. The Labute approximate surface area is 117 Å². The highest BCUT2D eigenvalue weighted by atomic mass is 32.2. The number of pyridine rings is 1. The van der Waals surface area contributed by atoms with E-state index in [0.29, 0.717) is 17.2 Å². The van der Waals surface area contributed by atoms with Crippen LogP contribution >= 0.6 is 0 Å². The third-order valence-electron chi connectivity index (χ3n) is 2.72. The van der Waals surface area contributed by atoms with Gasteiger partial charge in [0.1, 0.15) is 5.75 Å². The molecule has 2 rings (SSSR count). The van der Waals surface area contributed by atoms with Crippen LogP contribution in [0.3, 0.4) is 0 Å². The minimum absolute atomic E-state index is 0.232. The Balaban J connectivity index is 2.20. The summed E-state index contributed by atoms with van der Waals surface area (Å²) in [4.78, 5) is 4.27. The van der Waals surface area contributed by atoms with Crippen LogP contribution in [0.15, 0.2) is 47.5 Å². The van der Waals surface area contributed by atoms with E-state index in [4.69, 9.17) is 4.74 Å². The fraction of sp³-hybridized carbons (Fsp3) is 0.214. The van der Waals surface area contributed by atoms with Gasteiger partial charge in [0.25, 0.3) is 0 Å². The molecular formula is C14H15NO4S. The second-order valence-corrected chi connectivity index (χ2v) is 6.46. The molecule has 1 N–H and O–H groups in total. The van der Waals surface area contributed by atoms with Crippen LogP contribution in [0.5, 0.6) is 11.6 Å². The Hall–Kier alpha value is -1.92. The first-order valence-electron chi connectivity index (χ1n) is 5.98. The summed E-state index contributed by atoms with van der Waals surface area (Å²) in [5, 5.41) is 9.49. The van der Waals surface area contributed by atoms with E-state index in [1.165, 1.54) is 12.1 Å². The first kappa shape index (κ1) is 14.5. The first-order valence-corrected chi connectivity index (χ1v) is 7.87. The fourth-order valence-electron chi connectivity index (χ4n) is 1.62. The number of hydrogen-bond donors (Lipinski definition) is 1. The predicted octanol–water partition coefficient (Wildman–Crippen LogP) is 2.33. The van der Waals surface area contributed by atoms with Crippen molar-refractivity contribution in [2.45, 2.75) is 17.9 Å². The number of benzene rings is 1. The van der Waals surface area contributed by atoms with Gasteiger partial charge in [-0.25, -0.2) is 13.4 Å². The summed E-state index contributed by atoms with van der Waals surface area (Å²) in [5.74, 6) is 0.822. The van der Waals surface area contributed by atoms with Gasteiger partial charge in [0.05, 0.1) is 11.0 Å².